The predicted molar refractivity (Wildman–Crippen MR) is 71.3 cm³/mol. The molecule has 0 saturated carbocycles. The number of amides is 1. The van der Waals surface area contributed by atoms with E-state index >= 15 is 0 Å². The lowest BCUT2D eigenvalue weighted by Gasteiger charge is -2.10. The van der Waals surface area contributed by atoms with E-state index in [4.69, 9.17) is 5.11 Å². The predicted octanol–water partition coefficient (Wildman–Crippen LogP) is 1.60. The zero-order valence-electron chi connectivity index (χ0n) is 10.4. The average Bonchev–Trinajstić information content (AvgIpc) is 2.79. The van der Waals surface area contributed by atoms with Crippen LogP contribution in [0.4, 0.5) is 0 Å². The average molecular weight is 246 g/mol. The minimum absolute atomic E-state index is 0.0261. The molecule has 3 N–H and O–H groups in total. The number of aryl methyl sites for hydroxylation is 1. The van der Waals surface area contributed by atoms with Gasteiger partial charge in [-0.05, 0) is 25.0 Å². The van der Waals surface area contributed by atoms with Crippen molar-refractivity contribution in [1.29, 1.82) is 0 Å². The van der Waals surface area contributed by atoms with Gasteiger partial charge in [0.05, 0.1) is 6.61 Å². The molecular formula is C14H18N2O2. The van der Waals surface area contributed by atoms with Gasteiger partial charge in [0.15, 0.2) is 0 Å². The molecule has 0 aliphatic rings. The van der Waals surface area contributed by atoms with Gasteiger partial charge in [0.1, 0.15) is 0 Å². The first-order valence-electron chi connectivity index (χ1n) is 6.16. The highest BCUT2D eigenvalue weighted by atomic mass is 16.3. The fraction of sp³-hybridized carbons (Fsp3) is 0.357. The quantitative estimate of drug-likeness (QED) is 0.750. The van der Waals surface area contributed by atoms with Crippen molar-refractivity contribution in [3.8, 4) is 0 Å². The molecule has 1 atom stereocenters. The number of carbonyl (C=O) groups excluding carboxylic acids is 1. The molecule has 0 unspecified atom stereocenters. The molecule has 0 aliphatic heterocycles. The number of aliphatic hydroxyl groups is 1. The van der Waals surface area contributed by atoms with Crippen molar-refractivity contribution >= 4 is 16.8 Å². The van der Waals surface area contributed by atoms with Crippen molar-refractivity contribution in [3.05, 3.63) is 36.0 Å². The smallest absolute Gasteiger partial charge is 0.220 e. The van der Waals surface area contributed by atoms with Crippen LogP contribution >= 0.6 is 0 Å². The van der Waals surface area contributed by atoms with Crippen LogP contribution in [0.25, 0.3) is 10.9 Å². The second-order valence-corrected chi connectivity index (χ2v) is 4.51. The summed E-state index contributed by atoms with van der Waals surface area (Å²) in [5.74, 6) is -0.0261. The molecule has 4 heteroatoms. The second-order valence-electron chi connectivity index (χ2n) is 4.51. The lowest BCUT2D eigenvalue weighted by molar-refractivity contribution is -0.121. The van der Waals surface area contributed by atoms with Crippen LogP contribution in [0.15, 0.2) is 30.5 Å². The standard InChI is InChI=1S/C14H18N2O2/c1-10(9-17)16-14(18)7-6-11-8-15-13-5-3-2-4-12(11)13/h2-5,8,10,15,17H,6-7,9H2,1H3,(H,16,18)/t10-/m1/s1. The summed E-state index contributed by atoms with van der Waals surface area (Å²) < 4.78 is 0. The van der Waals surface area contributed by atoms with Gasteiger partial charge in [-0.3, -0.25) is 4.79 Å². The third-order valence-electron chi connectivity index (χ3n) is 2.98. The molecule has 0 spiro atoms. The van der Waals surface area contributed by atoms with E-state index in [9.17, 15) is 4.79 Å². The highest BCUT2D eigenvalue weighted by molar-refractivity contribution is 5.84. The Labute approximate surface area is 106 Å². The van der Waals surface area contributed by atoms with Gasteiger partial charge in [0.25, 0.3) is 0 Å². The molecule has 1 aromatic heterocycles. The van der Waals surface area contributed by atoms with Crippen LogP contribution in [0, 0.1) is 0 Å². The SMILES string of the molecule is C[C@H](CO)NC(=O)CCc1c[nH]c2ccccc12. The van der Waals surface area contributed by atoms with Crippen LogP contribution in [0.1, 0.15) is 18.9 Å². The number of hydrogen-bond acceptors (Lipinski definition) is 2. The Hall–Kier alpha value is -1.81. The first kappa shape index (κ1) is 12.6. The minimum atomic E-state index is -0.180. The number of nitrogens with one attached hydrogen (secondary N) is 2. The molecule has 0 fully saturated rings. The van der Waals surface area contributed by atoms with E-state index in [0.717, 1.165) is 11.1 Å². The number of fused-ring (bicyclic) bond motifs is 1. The summed E-state index contributed by atoms with van der Waals surface area (Å²) in [5.41, 5.74) is 2.24. The number of carbonyl (C=O) groups is 1. The molecular weight excluding hydrogens is 228 g/mol. The highest BCUT2D eigenvalue weighted by Crippen LogP contribution is 2.18. The number of aromatic nitrogens is 1. The van der Waals surface area contributed by atoms with Crippen molar-refractivity contribution < 1.29 is 9.90 Å². The molecule has 18 heavy (non-hydrogen) atoms. The summed E-state index contributed by atoms with van der Waals surface area (Å²) in [4.78, 5) is 14.8. The van der Waals surface area contributed by atoms with Crippen molar-refractivity contribution in [2.75, 3.05) is 6.61 Å². The van der Waals surface area contributed by atoms with Crippen molar-refractivity contribution in [2.24, 2.45) is 0 Å². The third kappa shape index (κ3) is 2.90. The van der Waals surface area contributed by atoms with Crippen LogP contribution in [-0.4, -0.2) is 28.6 Å². The van der Waals surface area contributed by atoms with E-state index in [0.29, 0.717) is 12.8 Å². The first-order valence-corrected chi connectivity index (χ1v) is 6.16. The van der Waals surface area contributed by atoms with Gasteiger partial charge in [-0.1, -0.05) is 18.2 Å². The largest absolute Gasteiger partial charge is 0.394 e. The van der Waals surface area contributed by atoms with E-state index in [1.807, 2.05) is 24.4 Å². The number of hydrogen-bond donors (Lipinski definition) is 3. The molecule has 2 rings (SSSR count). The lowest BCUT2D eigenvalue weighted by Crippen LogP contribution is -2.35. The third-order valence-corrected chi connectivity index (χ3v) is 2.98. The zero-order chi connectivity index (χ0) is 13.0. The molecule has 1 amide bonds. The Kier molecular flexibility index (Phi) is 3.99. The van der Waals surface area contributed by atoms with E-state index < -0.39 is 0 Å². The molecule has 0 aliphatic carbocycles. The minimum Gasteiger partial charge on any atom is -0.394 e. The number of aromatic amines is 1. The first-order chi connectivity index (χ1) is 8.70. The van der Waals surface area contributed by atoms with Gasteiger partial charge in [-0.2, -0.15) is 0 Å². The van der Waals surface area contributed by atoms with E-state index in [1.54, 1.807) is 6.92 Å². The molecule has 1 heterocycles. The van der Waals surface area contributed by atoms with Crippen LogP contribution in [-0.2, 0) is 11.2 Å². The molecule has 96 valence electrons. The molecule has 1 aromatic carbocycles. The molecule has 4 nitrogen and oxygen atoms in total. The zero-order valence-corrected chi connectivity index (χ0v) is 10.4. The topological polar surface area (TPSA) is 65.1 Å². The van der Waals surface area contributed by atoms with E-state index in [1.165, 1.54) is 5.39 Å². The van der Waals surface area contributed by atoms with Crippen LogP contribution in [0.2, 0.25) is 0 Å². The van der Waals surface area contributed by atoms with Crippen LogP contribution < -0.4 is 5.32 Å². The maximum atomic E-state index is 11.6. The maximum Gasteiger partial charge on any atom is 0.220 e. The van der Waals surface area contributed by atoms with Crippen LogP contribution in [0.5, 0.6) is 0 Å². The molecule has 0 radical (unpaired) electrons. The second kappa shape index (κ2) is 5.69. The Balaban J connectivity index is 1.96. The summed E-state index contributed by atoms with van der Waals surface area (Å²) in [6.45, 7) is 1.75. The van der Waals surface area contributed by atoms with Crippen molar-refractivity contribution in [1.82, 2.24) is 10.3 Å². The van der Waals surface area contributed by atoms with Crippen molar-refractivity contribution in [2.45, 2.75) is 25.8 Å². The number of aliphatic hydroxyl groups excluding tert-OH is 1. The Morgan fingerprint density at radius 1 is 1.44 bits per heavy atom. The number of para-hydroxylation sites is 1. The van der Waals surface area contributed by atoms with Gasteiger partial charge in [-0.15, -0.1) is 0 Å². The number of benzene rings is 1. The summed E-state index contributed by atoms with van der Waals surface area (Å²) >= 11 is 0. The lowest BCUT2D eigenvalue weighted by atomic mass is 10.1. The Morgan fingerprint density at radius 3 is 3.00 bits per heavy atom. The van der Waals surface area contributed by atoms with Gasteiger partial charge in [0.2, 0.25) is 5.91 Å². The van der Waals surface area contributed by atoms with Crippen molar-refractivity contribution in [3.63, 3.8) is 0 Å². The summed E-state index contributed by atoms with van der Waals surface area (Å²) in [5, 5.41) is 12.8. The summed E-state index contributed by atoms with van der Waals surface area (Å²) in [6, 6.07) is 7.87. The normalized spacial score (nSPS) is 12.6. The summed E-state index contributed by atoms with van der Waals surface area (Å²) in [7, 11) is 0. The molecule has 0 bridgehead atoms. The maximum absolute atomic E-state index is 11.6. The van der Waals surface area contributed by atoms with Gasteiger partial charge in [0, 0.05) is 29.6 Å². The fourth-order valence-electron chi connectivity index (χ4n) is 1.98. The van der Waals surface area contributed by atoms with Gasteiger partial charge < -0.3 is 15.4 Å². The van der Waals surface area contributed by atoms with E-state index in [2.05, 4.69) is 16.4 Å². The van der Waals surface area contributed by atoms with E-state index in [-0.39, 0.29) is 18.6 Å². The number of rotatable bonds is 5. The summed E-state index contributed by atoms with van der Waals surface area (Å²) in [6.07, 6.45) is 3.09. The van der Waals surface area contributed by atoms with Gasteiger partial charge >= 0.3 is 0 Å². The number of H-pyrrole nitrogens is 1. The van der Waals surface area contributed by atoms with Gasteiger partial charge in [-0.25, -0.2) is 0 Å². The molecule has 2 aromatic rings. The van der Waals surface area contributed by atoms with Crippen LogP contribution in [0.3, 0.4) is 0 Å². The monoisotopic (exact) mass is 246 g/mol. The fourth-order valence-corrected chi connectivity index (χ4v) is 1.98. The Bertz CT molecular complexity index is 533. The highest BCUT2D eigenvalue weighted by Gasteiger charge is 2.08. The molecule has 0 saturated heterocycles. The Morgan fingerprint density at radius 2 is 2.22 bits per heavy atom.